The topological polar surface area (TPSA) is 50.2 Å². The molecule has 1 heterocycles. The molecule has 1 amide bonds. The van der Waals surface area contributed by atoms with Crippen LogP contribution < -0.4 is 5.32 Å². The molecule has 0 saturated heterocycles. The van der Waals surface area contributed by atoms with E-state index in [0.717, 1.165) is 25.5 Å². The van der Waals surface area contributed by atoms with Gasteiger partial charge in [0.2, 0.25) is 5.91 Å². The maximum Gasteiger partial charge on any atom is 0.239 e. The summed E-state index contributed by atoms with van der Waals surface area (Å²) in [5.41, 5.74) is 0. The molecule has 0 aliphatic carbocycles. The summed E-state index contributed by atoms with van der Waals surface area (Å²) in [5.74, 6) is 1.13. The minimum atomic E-state index is -0.135. The fraction of sp³-hybridized carbons (Fsp3) is 0.667. The predicted octanol–water partition coefficient (Wildman–Crippen LogP) is 0.648. The van der Waals surface area contributed by atoms with E-state index in [2.05, 4.69) is 14.9 Å². The van der Waals surface area contributed by atoms with Crippen LogP contribution in [0.25, 0.3) is 0 Å². The van der Waals surface area contributed by atoms with Gasteiger partial charge in [-0.25, -0.2) is 4.98 Å². The van der Waals surface area contributed by atoms with E-state index in [0.29, 0.717) is 0 Å². The smallest absolute Gasteiger partial charge is 0.239 e. The third kappa shape index (κ3) is 3.85. The molecule has 0 spiro atoms. The summed E-state index contributed by atoms with van der Waals surface area (Å²) in [7, 11) is 1.82. The van der Waals surface area contributed by atoms with E-state index in [9.17, 15) is 4.79 Å². The van der Waals surface area contributed by atoms with Gasteiger partial charge in [-0.2, -0.15) is 0 Å². The molecule has 1 aromatic heterocycles. The average molecular weight is 238 g/mol. The Morgan fingerprint density at radius 1 is 1.65 bits per heavy atom. The molecule has 5 nitrogen and oxygen atoms in total. The number of carbonyl (C=O) groups excluding carboxylic acids is 1. The Bertz CT molecular complexity index is 361. The minimum absolute atomic E-state index is 0.134. The second-order valence-electron chi connectivity index (χ2n) is 4.20. The van der Waals surface area contributed by atoms with Gasteiger partial charge in [-0.05, 0) is 20.8 Å². The molecule has 0 radical (unpaired) electrons. The summed E-state index contributed by atoms with van der Waals surface area (Å²) in [6, 6.07) is -0.135. The average Bonchev–Trinajstić information content (AvgIpc) is 2.73. The quantitative estimate of drug-likeness (QED) is 0.791. The SMILES string of the molecule is CCN(C)C(=O)C(C)NCCn1ccnc1C. The largest absolute Gasteiger partial charge is 0.345 e. The molecule has 96 valence electrons. The van der Waals surface area contributed by atoms with Crippen molar-refractivity contribution in [3.8, 4) is 0 Å². The van der Waals surface area contributed by atoms with Gasteiger partial charge in [-0.3, -0.25) is 4.79 Å². The van der Waals surface area contributed by atoms with Crippen LogP contribution in [0.4, 0.5) is 0 Å². The number of hydrogen-bond donors (Lipinski definition) is 1. The summed E-state index contributed by atoms with van der Waals surface area (Å²) in [4.78, 5) is 17.7. The van der Waals surface area contributed by atoms with Crippen molar-refractivity contribution >= 4 is 5.91 Å². The lowest BCUT2D eigenvalue weighted by atomic mass is 10.3. The van der Waals surface area contributed by atoms with Gasteiger partial charge in [-0.15, -0.1) is 0 Å². The van der Waals surface area contributed by atoms with E-state index in [1.807, 2.05) is 34.0 Å². The van der Waals surface area contributed by atoms with E-state index in [1.54, 1.807) is 11.1 Å². The van der Waals surface area contributed by atoms with Crippen molar-refractivity contribution in [2.24, 2.45) is 0 Å². The van der Waals surface area contributed by atoms with Crippen LogP contribution in [0.2, 0.25) is 0 Å². The minimum Gasteiger partial charge on any atom is -0.345 e. The third-order valence-corrected chi connectivity index (χ3v) is 2.95. The van der Waals surface area contributed by atoms with E-state index in [1.165, 1.54) is 0 Å². The van der Waals surface area contributed by atoms with Crippen LogP contribution in [0.5, 0.6) is 0 Å². The highest BCUT2D eigenvalue weighted by atomic mass is 16.2. The Labute approximate surface area is 103 Å². The zero-order valence-electron chi connectivity index (χ0n) is 11.1. The summed E-state index contributed by atoms with van der Waals surface area (Å²) >= 11 is 0. The Hall–Kier alpha value is -1.36. The Kier molecular flexibility index (Phi) is 5.15. The molecule has 0 bridgehead atoms. The summed E-state index contributed by atoms with van der Waals surface area (Å²) < 4.78 is 2.06. The van der Waals surface area contributed by atoms with Gasteiger partial charge in [0.15, 0.2) is 0 Å². The molecule has 0 aliphatic rings. The molecule has 1 atom stereocenters. The molecule has 1 N–H and O–H groups in total. The Balaban J connectivity index is 2.31. The highest BCUT2D eigenvalue weighted by Crippen LogP contribution is 1.95. The molecule has 1 unspecified atom stereocenters. The molecule has 0 fully saturated rings. The van der Waals surface area contributed by atoms with Gasteiger partial charge < -0.3 is 14.8 Å². The van der Waals surface area contributed by atoms with E-state index in [4.69, 9.17) is 0 Å². The van der Waals surface area contributed by atoms with Crippen LogP contribution in [0.15, 0.2) is 12.4 Å². The van der Waals surface area contributed by atoms with Gasteiger partial charge in [-0.1, -0.05) is 0 Å². The molecular weight excluding hydrogens is 216 g/mol. The van der Waals surface area contributed by atoms with Crippen molar-refractivity contribution in [1.29, 1.82) is 0 Å². The van der Waals surface area contributed by atoms with Gasteiger partial charge in [0, 0.05) is 39.1 Å². The normalized spacial score (nSPS) is 12.5. The fourth-order valence-electron chi connectivity index (χ4n) is 1.62. The van der Waals surface area contributed by atoms with Crippen LogP contribution >= 0.6 is 0 Å². The van der Waals surface area contributed by atoms with E-state index < -0.39 is 0 Å². The van der Waals surface area contributed by atoms with E-state index >= 15 is 0 Å². The molecule has 1 rings (SSSR count). The van der Waals surface area contributed by atoms with E-state index in [-0.39, 0.29) is 11.9 Å². The van der Waals surface area contributed by atoms with Crippen molar-refractivity contribution < 1.29 is 4.79 Å². The van der Waals surface area contributed by atoms with Gasteiger partial charge >= 0.3 is 0 Å². The van der Waals surface area contributed by atoms with Gasteiger partial charge in [0.1, 0.15) is 5.82 Å². The number of carbonyl (C=O) groups is 1. The maximum absolute atomic E-state index is 11.8. The molecule has 17 heavy (non-hydrogen) atoms. The number of imidazole rings is 1. The molecule has 5 heteroatoms. The molecule has 0 saturated carbocycles. The molecule has 1 aromatic rings. The maximum atomic E-state index is 11.8. The third-order valence-electron chi connectivity index (χ3n) is 2.95. The van der Waals surface area contributed by atoms with Gasteiger partial charge in [0.25, 0.3) is 0 Å². The summed E-state index contributed by atoms with van der Waals surface area (Å²) in [6.45, 7) is 8.18. The van der Waals surface area contributed by atoms with Crippen molar-refractivity contribution in [1.82, 2.24) is 19.8 Å². The zero-order chi connectivity index (χ0) is 12.8. The first-order chi connectivity index (χ1) is 8.06. The first-order valence-electron chi connectivity index (χ1n) is 6.02. The fourth-order valence-corrected chi connectivity index (χ4v) is 1.62. The van der Waals surface area contributed by atoms with Crippen LogP contribution in [0.1, 0.15) is 19.7 Å². The number of rotatable bonds is 6. The first-order valence-corrected chi connectivity index (χ1v) is 6.02. The highest BCUT2D eigenvalue weighted by molar-refractivity contribution is 5.81. The first kappa shape index (κ1) is 13.7. The zero-order valence-corrected chi connectivity index (χ0v) is 11.1. The second kappa shape index (κ2) is 6.39. The Morgan fingerprint density at radius 2 is 2.35 bits per heavy atom. The number of aryl methyl sites for hydroxylation is 1. The lowest BCUT2D eigenvalue weighted by Crippen LogP contribution is -2.43. The number of hydrogen-bond acceptors (Lipinski definition) is 3. The van der Waals surface area contributed by atoms with Gasteiger partial charge in [0.05, 0.1) is 6.04 Å². The number of amides is 1. The van der Waals surface area contributed by atoms with Crippen LogP contribution in [0.3, 0.4) is 0 Å². The molecule has 0 aliphatic heterocycles. The molecule has 0 aromatic carbocycles. The number of likely N-dealkylation sites (N-methyl/N-ethyl adjacent to an activating group) is 1. The highest BCUT2D eigenvalue weighted by Gasteiger charge is 2.14. The number of aromatic nitrogens is 2. The van der Waals surface area contributed by atoms with Crippen LogP contribution in [-0.2, 0) is 11.3 Å². The molecular formula is C12H22N4O. The lowest BCUT2D eigenvalue weighted by Gasteiger charge is -2.20. The number of nitrogens with one attached hydrogen (secondary N) is 1. The predicted molar refractivity (Wildman–Crippen MR) is 67.7 cm³/mol. The van der Waals surface area contributed by atoms with Crippen molar-refractivity contribution in [2.45, 2.75) is 33.4 Å². The second-order valence-corrected chi connectivity index (χ2v) is 4.20. The summed E-state index contributed by atoms with van der Waals surface area (Å²) in [6.07, 6.45) is 3.73. The Morgan fingerprint density at radius 3 is 2.88 bits per heavy atom. The van der Waals surface area contributed by atoms with Crippen molar-refractivity contribution in [2.75, 3.05) is 20.1 Å². The summed E-state index contributed by atoms with van der Waals surface area (Å²) in [5, 5.41) is 3.22. The standard InChI is InChI=1S/C12H22N4O/c1-5-15(4)12(17)10(2)13-6-8-16-9-7-14-11(16)3/h7,9-10,13H,5-6,8H2,1-4H3. The van der Waals surface area contributed by atoms with Crippen molar-refractivity contribution in [3.63, 3.8) is 0 Å². The van der Waals surface area contributed by atoms with Crippen molar-refractivity contribution in [3.05, 3.63) is 18.2 Å². The lowest BCUT2D eigenvalue weighted by molar-refractivity contribution is -0.131. The van der Waals surface area contributed by atoms with Crippen LogP contribution in [-0.4, -0.2) is 46.5 Å². The monoisotopic (exact) mass is 238 g/mol. The van der Waals surface area contributed by atoms with Crippen LogP contribution in [0, 0.1) is 6.92 Å². The number of nitrogens with zero attached hydrogens (tertiary/aromatic N) is 3.